The summed E-state index contributed by atoms with van der Waals surface area (Å²) in [5, 5.41) is 3.07. The Bertz CT molecular complexity index is 235. The third-order valence-corrected chi connectivity index (χ3v) is 3.83. The first-order valence-electron chi connectivity index (χ1n) is 5.67. The molecule has 3 heteroatoms. The molecule has 0 radical (unpaired) electrons. The maximum Gasteiger partial charge on any atom is 0.222 e. The van der Waals surface area contributed by atoms with Crippen LogP contribution in [-0.2, 0) is 4.79 Å². The number of nitrogens with two attached hydrogens (primary N) is 1. The van der Waals surface area contributed by atoms with Gasteiger partial charge < -0.3 is 11.1 Å². The molecule has 0 heterocycles. The zero-order chi connectivity index (χ0) is 10.2. The molecule has 2 saturated carbocycles. The van der Waals surface area contributed by atoms with Gasteiger partial charge in [-0.25, -0.2) is 0 Å². The van der Waals surface area contributed by atoms with Crippen molar-refractivity contribution in [1.29, 1.82) is 0 Å². The Labute approximate surface area is 85.4 Å². The van der Waals surface area contributed by atoms with E-state index >= 15 is 0 Å². The summed E-state index contributed by atoms with van der Waals surface area (Å²) in [4.78, 5) is 11.6. The average molecular weight is 196 g/mol. The van der Waals surface area contributed by atoms with Crippen molar-refractivity contribution in [2.75, 3.05) is 0 Å². The van der Waals surface area contributed by atoms with Gasteiger partial charge in [0, 0.05) is 18.0 Å². The highest BCUT2D eigenvalue weighted by Crippen LogP contribution is 2.32. The van der Waals surface area contributed by atoms with Gasteiger partial charge in [-0.15, -0.1) is 0 Å². The Morgan fingerprint density at radius 1 is 1.50 bits per heavy atom. The number of rotatable bonds is 3. The van der Waals surface area contributed by atoms with E-state index in [9.17, 15) is 4.79 Å². The minimum Gasteiger partial charge on any atom is -0.353 e. The summed E-state index contributed by atoms with van der Waals surface area (Å²) in [7, 11) is 0. The van der Waals surface area contributed by atoms with E-state index in [0.717, 1.165) is 19.3 Å². The van der Waals surface area contributed by atoms with Crippen LogP contribution in [0.15, 0.2) is 0 Å². The van der Waals surface area contributed by atoms with Crippen LogP contribution in [0.1, 0.15) is 45.4 Å². The molecule has 2 aliphatic carbocycles. The van der Waals surface area contributed by atoms with Crippen LogP contribution in [0.5, 0.6) is 0 Å². The summed E-state index contributed by atoms with van der Waals surface area (Å²) < 4.78 is 0. The lowest BCUT2D eigenvalue weighted by Crippen LogP contribution is -2.53. The SMILES string of the molecule is CC1CCC1NC(=O)CC1(N)CCC1. The molecule has 0 aromatic carbocycles. The summed E-state index contributed by atoms with van der Waals surface area (Å²) in [5.74, 6) is 0.817. The number of amides is 1. The van der Waals surface area contributed by atoms with Crippen molar-refractivity contribution in [2.24, 2.45) is 11.7 Å². The molecule has 1 amide bonds. The van der Waals surface area contributed by atoms with E-state index in [0.29, 0.717) is 18.4 Å². The molecule has 2 aliphatic rings. The summed E-state index contributed by atoms with van der Waals surface area (Å²) in [6.45, 7) is 2.19. The van der Waals surface area contributed by atoms with Crippen LogP contribution >= 0.6 is 0 Å². The second-order valence-corrected chi connectivity index (χ2v) is 5.12. The minimum atomic E-state index is -0.170. The second-order valence-electron chi connectivity index (χ2n) is 5.12. The molecule has 0 aromatic rings. The zero-order valence-electron chi connectivity index (χ0n) is 8.88. The zero-order valence-corrected chi connectivity index (χ0v) is 8.88. The largest absolute Gasteiger partial charge is 0.353 e. The van der Waals surface area contributed by atoms with E-state index in [2.05, 4.69) is 12.2 Å². The fourth-order valence-corrected chi connectivity index (χ4v) is 2.27. The molecular weight excluding hydrogens is 176 g/mol. The quantitative estimate of drug-likeness (QED) is 0.712. The second kappa shape index (κ2) is 3.54. The minimum absolute atomic E-state index is 0.156. The van der Waals surface area contributed by atoms with Gasteiger partial charge in [0.1, 0.15) is 0 Å². The molecule has 3 N–H and O–H groups in total. The van der Waals surface area contributed by atoms with E-state index in [1.165, 1.54) is 12.8 Å². The van der Waals surface area contributed by atoms with E-state index in [1.807, 2.05) is 0 Å². The first kappa shape index (κ1) is 9.97. The number of nitrogens with one attached hydrogen (secondary N) is 1. The van der Waals surface area contributed by atoms with Crippen molar-refractivity contribution >= 4 is 5.91 Å². The molecular formula is C11H20N2O. The first-order chi connectivity index (χ1) is 6.59. The highest BCUT2D eigenvalue weighted by Gasteiger charge is 2.36. The smallest absolute Gasteiger partial charge is 0.222 e. The number of carbonyl (C=O) groups excluding carboxylic acids is 1. The summed E-state index contributed by atoms with van der Waals surface area (Å²) in [6, 6.07) is 0.422. The summed E-state index contributed by atoms with van der Waals surface area (Å²) >= 11 is 0. The van der Waals surface area contributed by atoms with Gasteiger partial charge in [0.2, 0.25) is 5.91 Å². The van der Waals surface area contributed by atoms with Crippen molar-refractivity contribution < 1.29 is 4.79 Å². The van der Waals surface area contributed by atoms with Crippen LogP contribution < -0.4 is 11.1 Å². The van der Waals surface area contributed by atoms with Crippen molar-refractivity contribution in [2.45, 2.75) is 57.0 Å². The maximum absolute atomic E-state index is 11.6. The fourth-order valence-electron chi connectivity index (χ4n) is 2.27. The lowest BCUT2D eigenvalue weighted by atomic mass is 9.75. The molecule has 2 rings (SSSR count). The van der Waals surface area contributed by atoms with Gasteiger partial charge >= 0.3 is 0 Å². The summed E-state index contributed by atoms with van der Waals surface area (Å²) in [5.41, 5.74) is 5.84. The van der Waals surface area contributed by atoms with E-state index in [-0.39, 0.29) is 11.4 Å². The van der Waals surface area contributed by atoms with Crippen molar-refractivity contribution in [1.82, 2.24) is 5.32 Å². The predicted molar refractivity (Wildman–Crippen MR) is 55.7 cm³/mol. The van der Waals surface area contributed by atoms with Gasteiger partial charge in [0.25, 0.3) is 0 Å². The molecule has 80 valence electrons. The molecule has 0 bridgehead atoms. The van der Waals surface area contributed by atoms with Crippen LogP contribution in [0.25, 0.3) is 0 Å². The topological polar surface area (TPSA) is 55.1 Å². The fraction of sp³-hybridized carbons (Fsp3) is 0.909. The molecule has 0 aliphatic heterocycles. The van der Waals surface area contributed by atoms with E-state index < -0.39 is 0 Å². The van der Waals surface area contributed by atoms with Crippen LogP contribution in [0.2, 0.25) is 0 Å². The Kier molecular flexibility index (Phi) is 2.52. The van der Waals surface area contributed by atoms with Gasteiger partial charge in [-0.05, 0) is 38.0 Å². The van der Waals surface area contributed by atoms with Crippen LogP contribution in [0.4, 0.5) is 0 Å². The maximum atomic E-state index is 11.6. The Morgan fingerprint density at radius 2 is 2.21 bits per heavy atom. The van der Waals surface area contributed by atoms with Crippen LogP contribution in [0.3, 0.4) is 0 Å². The highest BCUT2D eigenvalue weighted by atomic mass is 16.1. The standard InChI is InChI=1S/C11H20N2O/c1-8-3-4-9(8)13-10(14)7-11(12)5-2-6-11/h8-9H,2-7,12H2,1H3,(H,13,14). The Hall–Kier alpha value is -0.570. The molecule has 2 fully saturated rings. The molecule has 3 nitrogen and oxygen atoms in total. The monoisotopic (exact) mass is 196 g/mol. The van der Waals surface area contributed by atoms with Gasteiger partial charge in [-0.2, -0.15) is 0 Å². The first-order valence-corrected chi connectivity index (χ1v) is 5.67. The third-order valence-electron chi connectivity index (χ3n) is 3.83. The number of hydrogen-bond acceptors (Lipinski definition) is 2. The lowest BCUT2D eigenvalue weighted by Gasteiger charge is -2.39. The van der Waals surface area contributed by atoms with Gasteiger partial charge in [0.15, 0.2) is 0 Å². The van der Waals surface area contributed by atoms with Crippen LogP contribution in [0, 0.1) is 5.92 Å². The van der Waals surface area contributed by atoms with Gasteiger partial charge in [-0.1, -0.05) is 6.92 Å². The van der Waals surface area contributed by atoms with E-state index in [4.69, 9.17) is 5.73 Å². The van der Waals surface area contributed by atoms with E-state index in [1.54, 1.807) is 0 Å². The van der Waals surface area contributed by atoms with Crippen molar-refractivity contribution in [3.8, 4) is 0 Å². The van der Waals surface area contributed by atoms with Crippen LogP contribution in [-0.4, -0.2) is 17.5 Å². The lowest BCUT2D eigenvalue weighted by molar-refractivity contribution is -0.124. The molecule has 2 unspecified atom stereocenters. The summed E-state index contributed by atoms with van der Waals surface area (Å²) in [6.07, 6.45) is 6.13. The Balaban J connectivity index is 1.73. The van der Waals surface area contributed by atoms with Crippen molar-refractivity contribution in [3.05, 3.63) is 0 Å². The number of hydrogen-bond donors (Lipinski definition) is 2. The Morgan fingerprint density at radius 3 is 2.57 bits per heavy atom. The molecule has 0 spiro atoms. The van der Waals surface area contributed by atoms with Gasteiger partial charge in [-0.3, -0.25) is 4.79 Å². The average Bonchev–Trinajstić information content (AvgIpc) is 2.09. The van der Waals surface area contributed by atoms with Gasteiger partial charge in [0.05, 0.1) is 0 Å². The third kappa shape index (κ3) is 1.92. The molecule has 14 heavy (non-hydrogen) atoms. The highest BCUT2D eigenvalue weighted by molar-refractivity contribution is 5.77. The van der Waals surface area contributed by atoms with Crippen molar-refractivity contribution in [3.63, 3.8) is 0 Å². The predicted octanol–water partition coefficient (Wildman–Crippen LogP) is 1.17. The number of carbonyl (C=O) groups is 1. The molecule has 0 saturated heterocycles. The molecule has 0 aromatic heterocycles. The molecule has 2 atom stereocenters. The normalized spacial score (nSPS) is 34.1.